The highest BCUT2D eigenvalue weighted by Crippen LogP contribution is 2.23. The Bertz CT molecular complexity index is 322. The molecule has 1 fully saturated rings. The van der Waals surface area contributed by atoms with Gasteiger partial charge in [0.1, 0.15) is 5.84 Å². The minimum absolute atomic E-state index is 0.240. The van der Waals surface area contributed by atoms with Crippen molar-refractivity contribution in [3.8, 4) is 0 Å². The highest BCUT2D eigenvalue weighted by Gasteiger charge is 2.23. The molecule has 4 N–H and O–H groups in total. The first-order chi connectivity index (χ1) is 8.95. The average Bonchev–Trinajstić information content (AvgIpc) is 2.39. The standard InChI is InChI=1S/C13H27N3O2S/c1-13(2,12(14)16-17)7-3-4-8-15-11-5-9-19(18)10-6-11/h11,15,17H,3-10H2,1-2H3,(H2,14,16). The van der Waals surface area contributed by atoms with Crippen molar-refractivity contribution in [1.82, 2.24) is 5.32 Å². The molecule has 0 aliphatic carbocycles. The Kier molecular flexibility index (Phi) is 6.79. The summed E-state index contributed by atoms with van der Waals surface area (Å²) in [6.45, 7) is 4.97. The van der Waals surface area contributed by atoms with Gasteiger partial charge in [-0.1, -0.05) is 25.4 Å². The van der Waals surface area contributed by atoms with E-state index in [1.54, 1.807) is 0 Å². The lowest BCUT2D eigenvalue weighted by Gasteiger charge is -2.24. The number of rotatable bonds is 7. The molecule has 1 aliphatic heterocycles. The van der Waals surface area contributed by atoms with E-state index in [0.29, 0.717) is 11.9 Å². The van der Waals surface area contributed by atoms with Crippen LogP contribution in [0.15, 0.2) is 5.16 Å². The molecule has 1 heterocycles. The van der Waals surface area contributed by atoms with Crippen LogP contribution in [0.3, 0.4) is 0 Å². The van der Waals surface area contributed by atoms with E-state index in [2.05, 4.69) is 10.5 Å². The van der Waals surface area contributed by atoms with Crippen LogP contribution in [0.4, 0.5) is 0 Å². The second-order valence-corrected chi connectivity index (χ2v) is 7.60. The van der Waals surface area contributed by atoms with Gasteiger partial charge in [-0.15, -0.1) is 0 Å². The number of nitrogens with one attached hydrogen (secondary N) is 1. The normalized spacial score (nSPS) is 25.5. The van der Waals surface area contributed by atoms with Gasteiger partial charge in [0.05, 0.1) is 0 Å². The number of amidine groups is 1. The fourth-order valence-electron chi connectivity index (χ4n) is 2.26. The first kappa shape index (κ1) is 16.4. The lowest BCUT2D eigenvalue weighted by atomic mass is 9.86. The molecule has 6 heteroatoms. The molecular weight excluding hydrogens is 262 g/mol. The first-order valence-corrected chi connectivity index (χ1v) is 8.51. The molecule has 0 atom stereocenters. The molecule has 0 unspecified atom stereocenters. The molecule has 1 aliphatic rings. The number of unbranched alkanes of at least 4 members (excludes halogenated alkanes) is 1. The summed E-state index contributed by atoms with van der Waals surface area (Å²) >= 11 is 0. The third kappa shape index (κ3) is 5.91. The van der Waals surface area contributed by atoms with E-state index in [1.807, 2.05) is 13.8 Å². The van der Waals surface area contributed by atoms with Crippen molar-refractivity contribution in [1.29, 1.82) is 0 Å². The Hall–Kier alpha value is -0.620. The highest BCUT2D eigenvalue weighted by molar-refractivity contribution is 7.85. The third-order valence-electron chi connectivity index (χ3n) is 3.85. The summed E-state index contributed by atoms with van der Waals surface area (Å²) < 4.78 is 11.2. The van der Waals surface area contributed by atoms with Gasteiger partial charge in [-0.3, -0.25) is 4.21 Å². The van der Waals surface area contributed by atoms with Crippen molar-refractivity contribution in [3.63, 3.8) is 0 Å². The highest BCUT2D eigenvalue weighted by atomic mass is 32.2. The number of hydrogen-bond donors (Lipinski definition) is 3. The summed E-state index contributed by atoms with van der Waals surface area (Å²) in [6.07, 6.45) is 5.11. The van der Waals surface area contributed by atoms with Gasteiger partial charge in [0.2, 0.25) is 0 Å². The summed E-state index contributed by atoms with van der Waals surface area (Å²) in [5.74, 6) is 1.98. The average molecular weight is 289 g/mol. The quantitative estimate of drug-likeness (QED) is 0.217. The summed E-state index contributed by atoms with van der Waals surface area (Å²) in [6, 6.07) is 0.537. The van der Waals surface area contributed by atoms with Crippen molar-refractivity contribution < 1.29 is 9.42 Å². The molecule has 0 radical (unpaired) electrons. The van der Waals surface area contributed by atoms with E-state index in [4.69, 9.17) is 10.9 Å². The van der Waals surface area contributed by atoms with Gasteiger partial charge in [-0.2, -0.15) is 0 Å². The van der Waals surface area contributed by atoms with Crippen LogP contribution in [-0.2, 0) is 10.8 Å². The minimum atomic E-state index is -0.579. The Labute approximate surface area is 118 Å². The van der Waals surface area contributed by atoms with E-state index in [1.165, 1.54) is 0 Å². The Balaban J connectivity index is 2.10. The molecule has 1 rings (SSSR count). The second-order valence-electron chi connectivity index (χ2n) is 5.90. The fraction of sp³-hybridized carbons (Fsp3) is 0.923. The van der Waals surface area contributed by atoms with Crippen LogP contribution in [0.2, 0.25) is 0 Å². The maximum Gasteiger partial charge on any atom is 0.144 e. The van der Waals surface area contributed by atoms with Crippen molar-refractivity contribution in [2.45, 2.75) is 52.0 Å². The van der Waals surface area contributed by atoms with E-state index >= 15 is 0 Å². The number of oxime groups is 1. The van der Waals surface area contributed by atoms with Crippen molar-refractivity contribution in [2.75, 3.05) is 18.1 Å². The van der Waals surface area contributed by atoms with Gasteiger partial charge in [-0.25, -0.2) is 0 Å². The second kappa shape index (κ2) is 7.85. The molecule has 0 saturated carbocycles. The summed E-state index contributed by atoms with van der Waals surface area (Å²) in [5.41, 5.74) is 5.41. The molecular formula is C13H27N3O2S. The summed E-state index contributed by atoms with van der Waals surface area (Å²) in [7, 11) is -0.579. The van der Waals surface area contributed by atoms with E-state index in [0.717, 1.165) is 50.2 Å². The maximum absolute atomic E-state index is 11.2. The molecule has 112 valence electrons. The minimum Gasteiger partial charge on any atom is -0.409 e. The Morgan fingerprint density at radius 1 is 1.42 bits per heavy atom. The monoisotopic (exact) mass is 289 g/mol. The number of nitrogens with zero attached hydrogens (tertiary/aromatic N) is 1. The Morgan fingerprint density at radius 3 is 2.63 bits per heavy atom. The fourth-order valence-corrected chi connectivity index (χ4v) is 3.56. The first-order valence-electron chi connectivity index (χ1n) is 7.02. The number of hydrogen-bond acceptors (Lipinski definition) is 4. The molecule has 0 bridgehead atoms. The predicted octanol–water partition coefficient (Wildman–Crippen LogP) is 1.43. The summed E-state index contributed by atoms with van der Waals surface area (Å²) in [5, 5.41) is 15.3. The van der Waals surface area contributed by atoms with Crippen LogP contribution in [0.25, 0.3) is 0 Å². The van der Waals surface area contributed by atoms with Crippen molar-refractivity contribution in [3.05, 3.63) is 0 Å². The van der Waals surface area contributed by atoms with Gasteiger partial charge in [0.15, 0.2) is 0 Å². The van der Waals surface area contributed by atoms with E-state index in [-0.39, 0.29) is 5.41 Å². The zero-order valence-electron chi connectivity index (χ0n) is 12.0. The zero-order chi connectivity index (χ0) is 14.3. The SMILES string of the molecule is CC(C)(CCCCNC1CCS(=O)CC1)C(N)=NO. The predicted molar refractivity (Wildman–Crippen MR) is 79.9 cm³/mol. The summed E-state index contributed by atoms with van der Waals surface area (Å²) in [4.78, 5) is 0. The van der Waals surface area contributed by atoms with Gasteiger partial charge >= 0.3 is 0 Å². The van der Waals surface area contributed by atoms with E-state index in [9.17, 15) is 4.21 Å². The van der Waals surface area contributed by atoms with Gasteiger partial charge in [0.25, 0.3) is 0 Å². The molecule has 0 aromatic rings. The third-order valence-corrected chi connectivity index (χ3v) is 5.23. The van der Waals surface area contributed by atoms with Crippen LogP contribution < -0.4 is 11.1 Å². The zero-order valence-corrected chi connectivity index (χ0v) is 12.8. The van der Waals surface area contributed by atoms with Crippen molar-refractivity contribution >= 4 is 16.6 Å². The van der Waals surface area contributed by atoms with Crippen LogP contribution in [0.5, 0.6) is 0 Å². The van der Waals surface area contributed by atoms with Gasteiger partial charge in [0, 0.05) is 33.8 Å². The van der Waals surface area contributed by atoms with Crippen LogP contribution in [-0.4, -0.2) is 39.3 Å². The smallest absolute Gasteiger partial charge is 0.144 e. The van der Waals surface area contributed by atoms with Crippen molar-refractivity contribution in [2.24, 2.45) is 16.3 Å². The molecule has 1 saturated heterocycles. The lowest BCUT2D eigenvalue weighted by molar-refractivity contribution is 0.304. The van der Waals surface area contributed by atoms with Crippen LogP contribution >= 0.6 is 0 Å². The maximum atomic E-state index is 11.2. The lowest BCUT2D eigenvalue weighted by Crippen LogP contribution is -2.36. The number of nitrogens with two attached hydrogens (primary N) is 1. The van der Waals surface area contributed by atoms with Crippen LogP contribution in [0.1, 0.15) is 46.0 Å². The molecule has 5 nitrogen and oxygen atoms in total. The molecule has 0 amide bonds. The topological polar surface area (TPSA) is 87.7 Å². The Morgan fingerprint density at radius 2 is 2.05 bits per heavy atom. The molecule has 0 aromatic carbocycles. The van der Waals surface area contributed by atoms with Gasteiger partial charge in [-0.05, 0) is 32.2 Å². The molecule has 0 aromatic heterocycles. The molecule has 0 spiro atoms. The van der Waals surface area contributed by atoms with Gasteiger partial charge < -0.3 is 16.3 Å². The van der Waals surface area contributed by atoms with Crippen LogP contribution in [0, 0.1) is 5.41 Å². The largest absolute Gasteiger partial charge is 0.409 e. The van der Waals surface area contributed by atoms with E-state index < -0.39 is 10.8 Å². The molecule has 19 heavy (non-hydrogen) atoms.